The molecule has 4 nitrogen and oxygen atoms in total. The summed E-state index contributed by atoms with van der Waals surface area (Å²) in [6.45, 7) is 0. The van der Waals surface area contributed by atoms with Crippen LogP contribution in [0.2, 0.25) is 0 Å². The van der Waals surface area contributed by atoms with Crippen LogP contribution in [0.3, 0.4) is 0 Å². The molecule has 112 valence electrons. The van der Waals surface area contributed by atoms with E-state index in [4.69, 9.17) is 10.5 Å². The lowest BCUT2D eigenvalue weighted by molar-refractivity contribution is -0.137. The van der Waals surface area contributed by atoms with Crippen molar-refractivity contribution in [1.82, 2.24) is 4.98 Å². The molecule has 8 heteroatoms. The zero-order valence-corrected chi connectivity index (χ0v) is 10.8. The quantitative estimate of drug-likeness (QED) is 0.851. The summed E-state index contributed by atoms with van der Waals surface area (Å²) in [6, 6.07) is 4.95. The van der Waals surface area contributed by atoms with Crippen LogP contribution in [0.25, 0.3) is 0 Å². The Labute approximate surface area is 117 Å². The predicted octanol–water partition coefficient (Wildman–Crippen LogP) is 3.57. The van der Waals surface area contributed by atoms with Gasteiger partial charge in [-0.2, -0.15) is 18.2 Å². The van der Waals surface area contributed by atoms with Crippen LogP contribution in [-0.4, -0.2) is 12.1 Å². The highest BCUT2D eigenvalue weighted by atomic mass is 19.4. The molecule has 0 saturated carbocycles. The second kappa shape index (κ2) is 5.47. The molecule has 3 N–H and O–H groups in total. The van der Waals surface area contributed by atoms with E-state index in [-0.39, 0.29) is 23.1 Å². The first kappa shape index (κ1) is 14.9. The van der Waals surface area contributed by atoms with Crippen molar-refractivity contribution in [2.45, 2.75) is 6.18 Å². The maximum atomic E-state index is 13.6. The summed E-state index contributed by atoms with van der Waals surface area (Å²) in [6.07, 6.45) is -4.57. The van der Waals surface area contributed by atoms with E-state index < -0.39 is 17.6 Å². The molecule has 1 heterocycles. The maximum absolute atomic E-state index is 13.6. The topological polar surface area (TPSA) is 60.2 Å². The third kappa shape index (κ3) is 3.33. The van der Waals surface area contributed by atoms with Gasteiger partial charge in [-0.05, 0) is 24.3 Å². The van der Waals surface area contributed by atoms with Gasteiger partial charge in [0, 0.05) is 6.07 Å². The lowest BCUT2D eigenvalue weighted by Gasteiger charge is -2.13. The molecule has 0 amide bonds. The molecule has 0 unspecified atom stereocenters. The molecule has 2 aromatic rings. The van der Waals surface area contributed by atoms with E-state index in [1.807, 2.05) is 0 Å². The molecule has 0 fully saturated rings. The molecule has 0 radical (unpaired) electrons. The Hall–Kier alpha value is -2.51. The van der Waals surface area contributed by atoms with Crippen molar-refractivity contribution < 1.29 is 22.3 Å². The molecule has 0 spiro atoms. The highest BCUT2D eigenvalue weighted by Crippen LogP contribution is 2.33. The molecule has 0 atom stereocenters. The summed E-state index contributed by atoms with van der Waals surface area (Å²) >= 11 is 0. The number of nitrogen functional groups attached to an aromatic ring is 1. The van der Waals surface area contributed by atoms with Crippen molar-refractivity contribution >= 4 is 17.2 Å². The van der Waals surface area contributed by atoms with E-state index in [0.29, 0.717) is 12.1 Å². The van der Waals surface area contributed by atoms with Crippen LogP contribution in [0.5, 0.6) is 5.88 Å². The summed E-state index contributed by atoms with van der Waals surface area (Å²) in [5.41, 5.74) is 4.43. The average molecular weight is 301 g/mol. The summed E-state index contributed by atoms with van der Waals surface area (Å²) in [5, 5.41) is 2.44. The predicted molar refractivity (Wildman–Crippen MR) is 69.9 cm³/mol. The summed E-state index contributed by atoms with van der Waals surface area (Å²) < 4.78 is 56.4. The molecule has 0 aliphatic rings. The van der Waals surface area contributed by atoms with Gasteiger partial charge < -0.3 is 15.8 Å². The van der Waals surface area contributed by atoms with Gasteiger partial charge >= 0.3 is 6.18 Å². The van der Waals surface area contributed by atoms with Crippen LogP contribution in [0, 0.1) is 5.82 Å². The van der Waals surface area contributed by atoms with Gasteiger partial charge in [0.2, 0.25) is 5.88 Å². The van der Waals surface area contributed by atoms with Gasteiger partial charge in [0.25, 0.3) is 0 Å². The van der Waals surface area contributed by atoms with E-state index in [1.54, 1.807) is 0 Å². The minimum absolute atomic E-state index is 0.00701. The molecule has 0 bridgehead atoms. The van der Waals surface area contributed by atoms with Gasteiger partial charge in [0.1, 0.15) is 5.82 Å². The zero-order valence-electron chi connectivity index (χ0n) is 10.8. The first-order valence-electron chi connectivity index (χ1n) is 5.75. The molecule has 2 rings (SSSR count). The monoisotopic (exact) mass is 301 g/mol. The Morgan fingerprint density at radius 1 is 1.19 bits per heavy atom. The highest BCUT2D eigenvalue weighted by molar-refractivity contribution is 5.69. The minimum Gasteiger partial charge on any atom is -0.481 e. The number of benzene rings is 1. The number of halogens is 4. The molecular weight excluding hydrogens is 290 g/mol. The van der Waals surface area contributed by atoms with Crippen LogP contribution in [0.4, 0.5) is 34.8 Å². The van der Waals surface area contributed by atoms with Gasteiger partial charge in [0.05, 0.1) is 24.0 Å². The average Bonchev–Trinajstić information content (AvgIpc) is 2.42. The largest absolute Gasteiger partial charge is 0.481 e. The first-order valence-corrected chi connectivity index (χ1v) is 5.75. The van der Waals surface area contributed by atoms with E-state index in [0.717, 1.165) is 6.07 Å². The number of hydrogen-bond donors (Lipinski definition) is 2. The van der Waals surface area contributed by atoms with Crippen LogP contribution >= 0.6 is 0 Å². The molecule has 1 aromatic carbocycles. The van der Waals surface area contributed by atoms with Crippen molar-refractivity contribution in [3.8, 4) is 5.88 Å². The van der Waals surface area contributed by atoms with E-state index in [9.17, 15) is 17.6 Å². The van der Waals surface area contributed by atoms with Crippen molar-refractivity contribution in [1.29, 1.82) is 0 Å². The van der Waals surface area contributed by atoms with Gasteiger partial charge in [-0.15, -0.1) is 0 Å². The number of ether oxygens (including phenoxy) is 1. The number of nitrogens with zero attached hydrogens (tertiary/aromatic N) is 1. The number of hydrogen-bond acceptors (Lipinski definition) is 4. The van der Waals surface area contributed by atoms with Gasteiger partial charge in [-0.3, -0.25) is 0 Å². The number of alkyl halides is 3. The van der Waals surface area contributed by atoms with Crippen LogP contribution < -0.4 is 15.8 Å². The fourth-order valence-corrected chi connectivity index (χ4v) is 1.59. The van der Waals surface area contributed by atoms with Crippen LogP contribution in [0.15, 0.2) is 30.3 Å². The Balaban J connectivity index is 2.39. The second-order valence-corrected chi connectivity index (χ2v) is 4.11. The summed E-state index contributed by atoms with van der Waals surface area (Å²) in [4.78, 5) is 3.91. The fourth-order valence-electron chi connectivity index (χ4n) is 1.59. The third-order valence-corrected chi connectivity index (χ3v) is 2.66. The molecular formula is C13H11F4N3O. The normalized spacial score (nSPS) is 11.3. The Kier molecular flexibility index (Phi) is 3.88. The lowest BCUT2D eigenvalue weighted by atomic mass is 10.2. The summed E-state index contributed by atoms with van der Waals surface area (Å²) in [7, 11) is 1.37. The van der Waals surface area contributed by atoms with Crippen LogP contribution in [0.1, 0.15) is 5.56 Å². The van der Waals surface area contributed by atoms with E-state index in [2.05, 4.69) is 10.3 Å². The molecule has 21 heavy (non-hydrogen) atoms. The van der Waals surface area contributed by atoms with E-state index in [1.165, 1.54) is 19.2 Å². The standard InChI is InChI=1S/C13H11F4N3O/c1-21-11-5-4-9(18)12(20-11)19-10-6-7(13(15,16)17)2-3-8(10)14/h2-6H,18H2,1H3,(H,19,20). The second-order valence-electron chi connectivity index (χ2n) is 4.11. The number of aromatic nitrogens is 1. The van der Waals surface area contributed by atoms with Crippen molar-refractivity contribution in [2.75, 3.05) is 18.2 Å². The van der Waals surface area contributed by atoms with E-state index >= 15 is 0 Å². The molecule has 0 aliphatic heterocycles. The third-order valence-electron chi connectivity index (χ3n) is 2.66. The van der Waals surface area contributed by atoms with Crippen molar-refractivity contribution in [2.24, 2.45) is 0 Å². The number of pyridine rings is 1. The zero-order chi connectivity index (χ0) is 15.6. The van der Waals surface area contributed by atoms with Gasteiger partial charge in [-0.25, -0.2) is 4.39 Å². The minimum atomic E-state index is -4.57. The van der Waals surface area contributed by atoms with Gasteiger partial charge in [-0.1, -0.05) is 0 Å². The molecule has 1 aromatic heterocycles. The smallest absolute Gasteiger partial charge is 0.416 e. The Morgan fingerprint density at radius 2 is 1.90 bits per heavy atom. The van der Waals surface area contributed by atoms with Crippen molar-refractivity contribution in [3.05, 3.63) is 41.7 Å². The lowest BCUT2D eigenvalue weighted by Crippen LogP contribution is -2.07. The Bertz CT molecular complexity index is 658. The number of nitrogens with two attached hydrogens (primary N) is 1. The maximum Gasteiger partial charge on any atom is 0.416 e. The fraction of sp³-hybridized carbons (Fsp3) is 0.154. The summed E-state index contributed by atoms with van der Waals surface area (Å²) in [5.74, 6) is -0.654. The number of anilines is 3. The number of rotatable bonds is 3. The van der Waals surface area contributed by atoms with Gasteiger partial charge in [0.15, 0.2) is 5.82 Å². The highest BCUT2D eigenvalue weighted by Gasteiger charge is 2.31. The SMILES string of the molecule is COc1ccc(N)c(Nc2cc(C(F)(F)F)ccc2F)n1. The molecule has 0 saturated heterocycles. The number of nitrogens with one attached hydrogen (secondary N) is 1. The number of methoxy groups -OCH3 is 1. The van der Waals surface area contributed by atoms with Crippen LogP contribution in [-0.2, 0) is 6.18 Å². The Morgan fingerprint density at radius 3 is 2.52 bits per heavy atom. The molecule has 0 aliphatic carbocycles. The van der Waals surface area contributed by atoms with Crippen molar-refractivity contribution in [3.63, 3.8) is 0 Å². The first-order chi connectivity index (χ1) is 9.81.